The predicted molar refractivity (Wildman–Crippen MR) is 67.7 cm³/mol. The number of hydrogen-bond donors (Lipinski definition) is 0. The van der Waals surface area contributed by atoms with Crippen LogP contribution in [0.3, 0.4) is 0 Å². The number of pyridine rings is 1. The van der Waals surface area contributed by atoms with Crippen molar-refractivity contribution in [1.82, 2.24) is 19.5 Å². The molecule has 0 N–H and O–H groups in total. The minimum atomic E-state index is 0.539. The molecule has 1 fully saturated rings. The molecule has 2 aromatic rings. The summed E-state index contributed by atoms with van der Waals surface area (Å²) in [7, 11) is 2.15. The van der Waals surface area contributed by atoms with Crippen LogP contribution < -0.4 is 0 Å². The number of rotatable bonds is 3. The number of likely N-dealkylation sites (tertiary alicyclic amines) is 1. The molecule has 0 radical (unpaired) electrons. The van der Waals surface area contributed by atoms with Crippen LogP contribution in [0.25, 0.3) is 5.65 Å². The Morgan fingerprint density at radius 3 is 3.06 bits per heavy atom. The quantitative estimate of drug-likeness (QED) is 0.761. The molecule has 3 rings (SSSR count). The molecule has 5 heteroatoms. The van der Waals surface area contributed by atoms with Crippen LogP contribution in [0.5, 0.6) is 0 Å². The lowest BCUT2D eigenvalue weighted by molar-refractivity contribution is 0.112. The summed E-state index contributed by atoms with van der Waals surface area (Å²) in [5, 5.41) is 8.38. The zero-order valence-corrected chi connectivity index (χ0v) is 10.4. The Labute approximate surface area is 105 Å². The second kappa shape index (κ2) is 4.49. The van der Waals surface area contributed by atoms with E-state index in [0.717, 1.165) is 30.7 Å². The smallest absolute Gasteiger partial charge is 0.160 e. The summed E-state index contributed by atoms with van der Waals surface area (Å²) in [4.78, 5) is 13.2. The van der Waals surface area contributed by atoms with E-state index in [0.29, 0.717) is 11.6 Å². The van der Waals surface area contributed by atoms with Crippen LogP contribution in [-0.4, -0.2) is 45.4 Å². The fraction of sp³-hybridized carbons (Fsp3) is 0.462. The van der Waals surface area contributed by atoms with Gasteiger partial charge < -0.3 is 4.90 Å². The van der Waals surface area contributed by atoms with Gasteiger partial charge in [0.15, 0.2) is 11.9 Å². The molecule has 0 bridgehead atoms. The summed E-state index contributed by atoms with van der Waals surface area (Å²) >= 11 is 0. The summed E-state index contributed by atoms with van der Waals surface area (Å²) in [5.74, 6) is 0.937. The van der Waals surface area contributed by atoms with Gasteiger partial charge >= 0.3 is 0 Å². The lowest BCUT2D eigenvalue weighted by Gasteiger charge is -2.18. The van der Waals surface area contributed by atoms with E-state index in [2.05, 4.69) is 22.1 Å². The van der Waals surface area contributed by atoms with Crippen LogP contribution in [0.15, 0.2) is 18.3 Å². The van der Waals surface area contributed by atoms with Gasteiger partial charge in [0, 0.05) is 24.2 Å². The Hall–Kier alpha value is -1.75. The van der Waals surface area contributed by atoms with E-state index >= 15 is 0 Å². The number of aromatic nitrogens is 3. The van der Waals surface area contributed by atoms with Crippen molar-refractivity contribution < 1.29 is 4.79 Å². The van der Waals surface area contributed by atoms with E-state index in [-0.39, 0.29) is 0 Å². The lowest BCUT2D eigenvalue weighted by Crippen LogP contribution is -2.27. The van der Waals surface area contributed by atoms with Crippen LogP contribution >= 0.6 is 0 Å². The molecule has 94 valence electrons. The molecule has 3 heterocycles. The maximum Gasteiger partial charge on any atom is 0.160 e. The third kappa shape index (κ3) is 1.90. The molecule has 1 aliphatic rings. The van der Waals surface area contributed by atoms with E-state index < -0.39 is 0 Å². The molecular weight excluding hydrogens is 228 g/mol. The van der Waals surface area contributed by atoms with E-state index in [1.165, 1.54) is 12.8 Å². The predicted octanol–water partition coefficient (Wildman–Crippen LogP) is 1.18. The van der Waals surface area contributed by atoms with Gasteiger partial charge in [-0.25, -0.2) is 0 Å². The summed E-state index contributed by atoms with van der Waals surface area (Å²) < 4.78 is 1.93. The molecule has 1 saturated heterocycles. The highest BCUT2D eigenvalue weighted by atomic mass is 16.1. The Balaban J connectivity index is 1.93. The second-order valence-electron chi connectivity index (χ2n) is 4.91. The highest BCUT2D eigenvalue weighted by Gasteiger charge is 2.23. The third-order valence-electron chi connectivity index (χ3n) is 3.72. The van der Waals surface area contributed by atoms with Gasteiger partial charge in [-0.05, 0) is 38.6 Å². The van der Waals surface area contributed by atoms with Crippen LogP contribution in [0, 0.1) is 0 Å². The fourth-order valence-corrected chi connectivity index (χ4v) is 2.61. The molecule has 0 aromatic carbocycles. The molecule has 1 atom stereocenters. The molecule has 5 nitrogen and oxygen atoms in total. The van der Waals surface area contributed by atoms with Gasteiger partial charge in [0.25, 0.3) is 0 Å². The molecule has 0 saturated carbocycles. The highest BCUT2D eigenvalue weighted by Crippen LogP contribution is 2.19. The SMILES string of the molecule is CN1CCCC1Cc1nnc2ccc(C=O)cn12. The van der Waals surface area contributed by atoms with Gasteiger partial charge in [0.2, 0.25) is 0 Å². The fourth-order valence-electron chi connectivity index (χ4n) is 2.61. The first-order valence-corrected chi connectivity index (χ1v) is 6.27. The summed E-state index contributed by atoms with van der Waals surface area (Å²) in [6.45, 7) is 1.15. The number of nitrogens with zero attached hydrogens (tertiary/aromatic N) is 4. The Kier molecular flexibility index (Phi) is 2.83. The van der Waals surface area contributed by atoms with Crippen molar-refractivity contribution in [2.24, 2.45) is 0 Å². The topological polar surface area (TPSA) is 50.5 Å². The van der Waals surface area contributed by atoms with Gasteiger partial charge in [-0.2, -0.15) is 0 Å². The summed E-state index contributed by atoms with van der Waals surface area (Å²) in [5.41, 5.74) is 1.46. The van der Waals surface area contributed by atoms with Crippen molar-refractivity contribution in [3.8, 4) is 0 Å². The monoisotopic (exact) mass is 244 g/mol. The average Bonchev–Trinajstić information content (AvgIpc) is 2.97. The molecule has 1 aliphatic heterocycles. The van der Waals surface area contributed by atoms with Gasteiger partial charge in [0.05, 0.1) is 0 Å². The van der Waals surface area contributed by atoms with Crippen molar-refractivity contribution in [2.45, 2.75) is 25.3 Å². The lowest BCUT2D eigenvalue weighted by atomic mass is 10.1. The minimum Gasteiger partial charge on any atom is -0.303 e. The van der Waals surface area contributed by atoms with Crippen molar-refractivity contribution in [3.05, 3.63) is 29.7 Å². The summed E-state index contributed by atoms with van der Waals surface area (Å²) in [6, 6.07) is 4.14. The van der Waals surface area contributed by atoms with Crippen LogP contribution in [0.2, 0.25) is 0 Å². The van der Waals surface area contributed by atoms with Crippen LogP contribution in [-0.2, 0) is 6.42 Å². The maximum atomic E-state index is 10.8. The first kappa shape index (κ1) is 11.3. The van der Waals surface area contributed by atoms with Crippen molar-refractivity contribution in [2.75, 3.05) is 13.6 Å². The summed E-state index contributed by atoms with van der Waals surface area (Å²) in [6.07, 6.45) is 6.01. The van der Waals surface area contributed by atoms with Gasteiger partial charge in [-0.3, -0.25) is 9.20 Å². The van der Waals surface area contributed by atoms with Crippen molar-refractivity contribution in [3.63, 3.8) is 0 Å². The molecule has 2 aromatic heterocycles. The van der Waals surface area contributed by atoms with Crippen LogP contribution in [0.4, 0.5) is 0 Å². The zero-order chi connectivity index (χ0) is 12.5. The number of fused-ring (bicyclic) bond motifs is 1. The average molecular weight is 244 g/mol. The highest BCUT2D eigenvalue weighted by molar-refractivity contribution is 5.74. The van der Waals surface area contributed by atoms with E-state index in [4.69, 9.17) is 0 Å². The standard InChI is InChI=1S/C13H16N4O/c1-16-6-2-3-11(16)7-13-15-14-12-5-4-10(9-18)8-17(12)13/h4-5,8-9,11H,2-3,6-7H2,1H3. The normalized spacial score (nSPS) is 20.6. The maximum absolute atomic E-state index is 10.8. The molecule has 0 amide bonds. The number of carbonyl (C=O) groups is 1. The Bertz CT molecular complexity index is 577. The number of likely N-dealkylation sites (N-methyl/N-ethyl adjacent to an activating group) is 1. The molecule has 18 heavy (non-hydrogen) atoms. The largest absolute Gasteiger partial charge is 0.303 e. The molecular formula is C13H16N4O. The number of hydrogen-bond acceptors (Lipinski definition) is 4. The van der Waals surface area contributed by atoms with Crippen molar-refractivity contribution >= 4 is 11.9 Å². The molecule has 1 unspecified atom stereocenters. The second-order valence-corrected chi connectivity index (χ2v) is 4.91. The number of aldehydes is 1. The third-order valence-corrected chi connectivity index (χ3v) is 3.72. The Morgan fingerprint density at radius 2 is 2.33 bits per heavy atom. The molecule has 0 spiro atoms. The first-order chi connectivity index (χ1) is 8.78. The van der Waals surface area contributed by atoms with Crippen LogP contribution in [0.1, 0.15) is 29.0 Å². The Morgan fingerprint density at radius 1 is 1.44 bits per heavy atom. The first-order valence-electron chi connectivity index (χ1n) is 6.27. The van der Waals surface area contributed by atoms with Crippen molar-refractivity contribution in [1.29, 1.82) is 0 Å². The van der Waals surface area contributed by atoms with Gasteiger partial charge in [-0.1, -0.05) is 0 Å². The van der Waals surface area contributed by atoms with E-state index in [1.807, 2.05) is 16.7 Å². The number of carbonyl (C=O) groups excluding carboxylic acids is 1. The zero-order valence-electron chi connectivity index (χ0n) is 10.4. The van der Waals surface area contributed by atoms with Gasteiger partial charge in [0.1, 0.15) is 5.82 Å². The van der Waals surface area contributed by atoms with E-state index in [9.17, 15) is 4.79 Å². The molecule has 0 aliphatic carbocycles. The van der Waals surface area contributed by atoms with Gasteiger partial charge in [-0.15, -0.1) is 10.2 Å². The van der Waals surface area contributed by atoms with E-state index in [1.54, 1.807) is 6.07 Å². The minimum absolute atomic E-state index is 0.539.